The molecule has 1 atom stereocenters. The SMILES string of the molecule is CC(C)(C)[C@H]1CCc2c(sc(N=Cc3cc(-c4ccccc4)n(-c4ccccc4)c3-c3ccccc3)c2C(=O)Nc2ccccc2)C1. The molecule has 4 nitrogen and oxygen atoms in total. The number of para-hydroxylation sites is 2. The van der Waals surface area contributed by atoms with Crippen LogP contribution in [-0.4, -0.2) is 16.7 Å². The van der Waals surface area contributed by atoms with Gasteiger partial charge < -0.3 is 9.88 Å². The third kappa shape index (κ3) is 6.36. The monoisotopic (exact) mass is 633 g/mol. The van der Waals surface area contributed by atoms with Crippen LogP contribution >= 0.6 is 11.3 Å². The summed E-state index contributed by atoms with van der Waals surface area (Å²) in [5.41, 5.74) is 9.29. The molecule has 0 saturated carbocycles. The van der Waals surface area contributed by atoms with Gasteiger partial charge in [0.25, 0.3) is 5.91 Å². The molecule has 2 aromatic heterocycles. The maximum atomic E-state index is 14.0. The number of carbonyl (C=O) groups excluding carboxylic acids is 1. The Labute approximate surface area is 281 Å². The summed E-state index contributed by atoms with van der Waals surface area (Å²) in [5, 5.41) is 3.93. The summed E-state index contributed by atoms with van der Waals surface area (Å²) < 4.78 is 2.32. The standard InChI is InChI=1S/C42H39N3OS/c1-42(2,3)32-24-25-35-37(27-32)47-41(38(35)40(46)44-33-20-12-6-13-21-33)43-28-31-26-36(29-16-8-4-9-17-29)45(34-22-14-7-15-23-34)39(31)30-18-10-5-11-19-30/h4-23,26,28,32H,24-25,27H2,1-3H3,(H,44,46)/t32-/m0/s1. The van der Waals surface area contributed by atoms with Crippen LogP contribution in [0.2, 0.25) is 0 Å². The van der Waals surface area contributed by atoms with Gasteiger partial charge in [0, 0.05) is 28.0 Å². The lowest BCUT2D eigenvalue weighted by Crippen LogP contribution is -2.27. The van der Waals surface area contributed by atoms with Crippen molar-refractivity contribution >= 4 is 34.1 Å². The fourth-order valence-corrected chi connectivity index (χ4v) is 7.93. The number of carbonyl (C=O) groups is 1. The average molecular weight is 634 g/mol. The molecule has 2 heterocycles. The summed E-state index contributed by atoms with van der Waals surface area (Å²) in [6.07, 6.45) is 4.90. The van der Waals surface area contributed by atoms with Crippen molar-refractivity contribution in [3.63, 3.8) is 0 Å². The lowest BCUT2D eigenvalue weighted by molar-refractivity contribution is 0.102. The van der Waals surface area contributed by atoms with Crippen molar-refractivity contribution in [3.05, 3.63) is 149 Å². The lowest BCUT2D eigenvalue weighted by atomic mass is 9.72. The maximum Gasteiger partial charge on any atom is 0.259 e. The first kappa shape index (κ1) is 30.6. The van der Waals surface area contributed by atoms with Crippen molar-refractivity contribution in [2.24, 2.45) is 16.3 Å². The quantitative estimate of drug-likeness (QED) is 0.175. The molecule has 234 valence electrons. The topological polar surface area (TPSA) is 46.4 Å². The van der Waals surface area contributed by atoms with E-state index in [1.807, 2.05) is 54.7 Å². The molecule has 1 aliphatic carbocycles. The molecule has 4 aromatic carbocycles. The predicted molar refractivity (Wildman–Crippen MR) is 198 cm³/mol. The molecule has 0 aliphatic heterocycles. The number of nitrogens with zero attached hydrogens (tertiary/aromatic N) is 2. The van der Waals surface area contributed by atoms with Gasteiger partial charge in [-0.3, -0.25) is 4.79 Å². The van der Waals surface area contributed by atoms with Crippen LogP contribution in [-0.2, 0) is 12.8 Å². The molecular formula is C42H39N3OS. The third-order valence-electron chi connectivity index (χ3n) is 9.21. The van der Waals surface area contributed by atoms with Gasteiger partial charge in [0.2, 0.25) is 0 Å². The van der Waals surface area contributed by atoms with Crippen molar-refractivity contribution in [3.8, 4) is 28.2 Å². The minimum absolute atomic E-state index is 0.0924. The van der Waals surface area contributed by atoms with Crippen LogP contribution in [0.4, 0.5) is 10.7 Å². The van der Waals surface area contributed by atoms with Gasteiger partial charge >= 0.3 is 0 Å². The number of rotatable bonds is 7. The number of fused-ring (bicyclic) bond motifs is 1. The number of thiophene rings is 1. The Balaban J connectivity index is 1.38. The van der Waals surface area contributed by atoms with Gasteiger partial charge in [-0.1, -0.05) is 118 Å². The van der Waals surface area contributed by atoms with E-state index in [-0.39, 0.29) is 11.3 Å². The molecule has 7 rings (SSSR count). The smallest absolute Gasteiger partial charge is 0.259 e. The van der Waals surface area contributed by atoms with Crippen molar-refractivity contribution in [1.82, 2.24) is 4.57 Å². The van der Waals surface area contributed by atoms with Crippen LogP contribution in [0.5, 0.6) is 0 Å². The van der Waals surface area contributed by atoms with E-state index in [4.69, 9.17) is 4.99 Å². The Morgan fingerprint density at radius 1 is 0.830 bits per heavy atom. The van der Waals surface area contributed by atoms with Crippen LogP contribution in [0.1, 0.15) is 53.6 Å². The zero-order valence-corrected chi connectivity index (χ0v) is 27.9. The summed E-state index contributed by atoms with van der Waals surface area (Å²) in [4.78, 5) is 20.5. The molecule has 5 heteroatoms. The van der Waals surface area contributed by atoms with E-state index in [0.717, 1.165) is 69.3 Å². The van der Waals surface area contributed by atoms with Gasteiger partial charge in [0.15, 0.2) is 0 Å². The first-order chi connectivity index (χ1) is 22.9. The van der Waals surface area contributed by atoms with E-state index in [1.165, 1.54) is 4.88 Å². The van der Waals surface area contributed by atoms with E-state index < -0.39 is 0 Å². The number of hydrogen-bond acceptors (Lipinski definition) is 3. The number of aromatic nitrogens is 1. The Kier molecular flexibility index (Phi) is 8.48. The molecule has 6 aromatic rings. The highest BCUT2D eigenvalue weighted by Crippen LogP contribution is 2.46. The van der Waals surface area contributed by atoms with Gasteiger partial charge in [-0.05, 0) is 77.6 Å². The van der Waals surface area contributed by atoms with E-state index in [9.17, 15) is 4.79 Å². The fraction of sp³-hybridized carbons (Fsp3) is 0.190. The second kappa shape index (κ2) is 13.0. The minimum atomic E-state index is -0.0924. The molecule has 1 aliphatic rings. The number of aliphatic imine (C=N–C) groups is 1. The van der Waals surface area contributed by atoms with Gasteiger partial charge in [-0.2, -0.15) is 0 Å². The summed E-state index contributed by atoms with van der Waals surface area (Å²) in [6, 6.07) is 43.4. The number of nitrogens with one attached hydrogen (secondary N) is 1. The molecule has 0 spiro atoms. The molecule has 0 unspecified atom stereocenters. The normalized spacial score (nSPS) is 14.7. The highest BCUT2D eigenvalue weighted by molar-refractivity contribution is 7.16. The minimum Gasteiger partial charge on any atom is -0.322 e. The Hall–Kier alpha value is -5.00. The summed E-state index contributed by atoms with van der Waals surface area (Å²) in [6.45, 7) is 6.97. The fourth-order valence-electron chi connectivity index (χ4n) is 6.67. The highest BCUT2D eigenvalue weighted by atomic mass is 32.1. The van der Waals surface area contributed by atoms with Crippen LogP contribution < -0.4 is 5.32 Å². The van der Waals surface area contributed by atoms with Crippen molar-refractivity contribution in [2.45, 2.75) is 40.0 Å². The third-order valence-corrected chi connectivity index (χ3v) is 10.4. The summed E-state index contributed by atoms with van der Waals surface area (Å²) in [5.74, 6) is 0.471. The number of benzene rings is 4. The molecule has 1 amide bonds. The Morgan fingerprint density at radius 3 is 2.06 bits per heavy atom. The molecule has 0 saturated heterocycles. The summed E-state index contributed by atoms with van der Waals surface area (Å²) in [7, 11) is 0. The maximum absolute atomic E-state index is 14.0. The second-order valence-corrected chi connectivity index (χ2v) is 14.4. The van der Waals surface area contributed by atoms with Crippen molar-refractivity contribution < 1.29 is 4.79 Å². The highest BCUT2D eigenvalue weighted by Gasteiger charge is 2.34. The summed E-state index contributed by atoms with van der Waals surface area (Å²) >= 11 is 1.68. The molecule has 47 heavy (non-hydrogen) atoms. The predicted octanol–water partition coefficient (Wildman–Crippen LogP) is 11.0. The van der Waals surface area contributed by atoms with Gasteiger partial charge in [-0.15, -0.1) is 11.3 Å². The van der Waals surface area contributed by atoms with Gasteiger partial charge in [0.05, 0.1) is 17.0 Å². The number of amides is 1. The van der Waals surface area contributed by atoms with E-state index in [2.05, 4.69) is 110 Å². The number of anilines is 1. The molecule has 1 N–H and O–H groups in total. The van der Waals surface area contributed by atoms with Crippen LogP contribution in [0.25, 0.3) is 28.2 Å². The molecular weight excluding hydrogens is 595 g/mol. The van der Waals surface area contributed by atoms with Crippen LogP contribution in [0.15, 0.2) is 132 Å². The second-order valence-electron chi connectivity index (χ2n) is 13.3. The Bertz CT molecular complexity index is 2020. The zero-order chi connectivity index (χ0) is 32.4. The largest absolute Gasteiger partial charge is 0.322 e. The van der Waals surface area contributed by atoms with Gasteiger partial charge in [0.1, 0.15) is 5.00 Å². The van der Waals surface area contributed by atoms with E-state index >= 15 is 0 Å². The van der Waals surface area contributed by atoms with Crippen molar-refractivity contribution in [1.29, 1.82) is 0 Å². The zero-order valence-electron chi connectivity index (χ0n) is 27.1. The van der Waals surface area contributed by atoms with Gasteiger partial charge in [-0.25, -0.2) is 4.99 Å². The van der Waals surface area contributed by atoms with E-state index in [1.54, 1.807) is 11.3 Å². The van der Waals surface area contributed by atoms with Crippen LogP contribution in [0.3, 0.4) is 0 Å². The first-order valence-electron chi connectivity index (χ1n) is 16.3. The number of hydrogen-bond donors (Lipinski definition) is 1. The molecule has 0 bridgehead atoms. The van der Waals surface area contributed by atoms with Crippen molar-refractivity contribution in [2.75, 3.05) is 5.32 Å². The Morgan fingerprint density at radius 2 is 1.43 bits per heavy atom. The van der Waals surface area contributed by atoms with E-state index in [0.29, 0.717) is 11.5 Å². The first-order valence-corrected chi connectivity index (χ1v) is 17.2. The molecule has 0 radical (unpaired) electrons. The average Bonchev–Trinajstić information content (AvgIpc) is 3.67. The van der Waals surface area contributed by atoms with Crippen LogP contribution in [0, 0.1) is 11.3 Å². The molecule has 0 fully saturated rings. The lowest BCUT2D eigenvalue weighted by Gasteiger charge is -2.33.